The summed E-state index contributed by atoms with van der Waals surface area (Å²) >= 11 is 0. The Labute approximate surface area is 167 Å². The Morgan fingerprint density at radius 2 is 1.72 bits per heavy atom. The second kappa shape index (κ2) is 7.77. The summed E-state index contributed by atoms with van der Waals surface area (Å²) in [6.45, 7) is 0.336. The quantitative estimate of drug-likeness (QED) is 0.508. The fourth-order valence-corrected chi connectivity index (χ4v) is 4.13. The van der Waals surface area contributed by atoms with E-state index in [1.54, 1.807) is 26.4 Å². The maximum atomic E-state index is 11.6. The maximum absolute atomic E-state index is 11.6. The van der Waals surface area contributed by atoms with Crippen LogP contribution in [0.2, 0.25) is 0 Å². The molecular weight excluding hydrogens is 372 g/mol. The summed E-state index contributed by atoms with van der Waals surface area (Å²) in [6.07, 6.45) is 0.773. The lowest BCUT2D eigenvalue weighted by molar-refractivity contribution is 0.171. The fourth-order valence-electron chi connectivity index (χ4n) is 4.13. The predicted octanol–water partition coefficient (Wildman–Crippen LogP) is 2.04. The Hall–Kier alpha value is -3.03. The Bertz CT molecular complexity index is 1080. The number of benzene rings is 2. The molecule has 0 spiro atoms. The van der Waals surface area contributed by atoms with Crippen molar-refractivity contribution < 1.29 is 19.7 Å². The Morgan fingerprint density at radius 3 is 2.34 bits per heavy atom. The molecule has 0 bridgehead atoms. The molecule has 7 nitrogen and oxygen atoms in total. The summed E-state index contributed by atoms with van der Waals surface area (Å²) in [5.74, 6) is 1.67. The molecule has 1 aromatic heterocycles. The molecule has 0 saturated carbocycles. The van der Waals surface area contributed by atoms with Gasteiger partial charge in [0.05, 0.1) is 25.8 Å². The van der Waals surface area contributed by atoms with Crippen molar-refractivity contribution in [3.63, 3.8) is 0 Å². The summed E-state index contributed by atoms with van der Waals surface area (Å²) in [6, 6.07) is 10.1. The molecule has 4 N–H and O–H groups in total. The number of aromatic hydroxyl groups is 1. The highest BCUT2D eigenvalue weighted by atomic mass is 16.5. The molecule has 1 atom stereocenters. The number of aliphatic hydroxyl groups is 1. The molecule has 29 heavy (non-hydrogen) atoms. The van der Waals surface area contributed by atoms with Gasteiger partial charge >= 0.3 is 0 Å². The number of nitrogens with one attached hydrogen (secondary N) is 2. The average Bonchev–Trinajstić information content (AvgIpc) is 3.16. The maximum Gasteiger partial charge on any atom is 0.248 e. The highest BCUT2D eigenvalue weighted by molar-refractivity contribution is 5.87. The molecule has 1 heterocycles. The van der Waals surface area contributed by atoms with Crippen LogP contribution in [0.25, 0.3) is 10.9 Å². The van der Waals surface area contributed by atoms with Crippen molar-refractivity contribution in [1.82, 2.24) is 10.3 Å². The molecule has 0 radical (unpaired) electrons. The first-order valence-corrected chi connectivity index (χ1v) is 9.51. The van der Waals surface area contributed by atoms with Gasteiger partial charge in [-0.15, -0.1) is 0 Å². The number of rotatable bonds is 6. The van der Waals surface area contributed by atoms with Gasteiger partial charge < -0.3 is 30.0 Å². The molecule has 0 amide bonds. The van der Waals surface area contributed by atoms with Crippen LogP contribution in [0.3, 0.4) is 0 Å². The van der Waals surface area contributed by atoms with Crippen LogP contribution in [-0.4, -0.2) is 42.0 Å². The van der Waals surface area contributed by atoms with Crippen molar-refractivity contribution in [3.05, 3.63) is 63.4 Å². The molecule has 0 saturated heterocycles. The molecule has 0 unspecified atom stereocenters. The largest absolute Gasteiger partial charge is 0.506 e. The third kappa shape index (κ3) is 3.54. The highest BCUT2D eigenvalue weighted by Gasteiger charge is 2.28. The van der Waals surface area contributed by atoms with Crippen molar-refractivity contribution in [2.24, 2.45) is 0 Å². The van der Waals surface area contributed by atoms with Crippen LogP contribution in [0.4, 0.5) is 0 Å². The number of methoxy groups -OCH3 is 2. The second-order valence-corrected chi connectivity index (χ2v) is 7.24. The summed E-state index contributed by atoms with van der Waals surface area (Å²) in [5, 5.41) is 24.8. The van der Waals surface area contributed by atoms with E-state index in [2.05, 4.69) is 10.3 Å². The minimum Gasteiger partial charge on any atom is -0.506 e. The molecular formula is C22H24N2O5. The Morgan fingerprint density at radius 1 is 1.07 bits per heavy atom. The molecule has 0 fully saturated rings. The third-order valence-electron chi connectivity index (χ3n) is 5.55. The molecule has 152 valence electrons. The van der Waals surface area contributed by atoms with Crippen LogP contribution in [0, 0.1) is 0 Å². The predicted molar refractivity (Wildman–Crippen MR) is 110 cm³/mol. The zero-order chi connectivity index (χ0) is 20.5. The monoisotopic (exact) mass is 396 g/mol. The molecule has 4 rings (SSSR count). The van der Waals surface area contributed by atoms with Gasteiger partial charge in [0, 0.05) is 35.2 Å². The first-order chi connectivity index (χ1) is 14.0. The van der Waals surface area contributed by atoms with Gasteiger partial charge in [-0.2, -0.15) is 0 Å². The van der Waals surface area contributed by atoms with Gasteiger partial charge in [0.1, 0.15) is 17.2 Å². The summed E-state index contributed by atoms with van der Waals surface area (Å²) in [4.78, 5) is 14.2. The average molecular weight is 396 g/mol. The van der Waals surface area contributed by atoms with Crippen molar-refractivity contribution >= 4 is 10.9 Å². The van der Waals surface area contributed by atoms with Gasteiger partial charge in [0.25, 0.3) is 0 Å². The number of H-pyrrole nitrogens is 1. The molecule has 7 heteroatoms. The van der Waals surface area contributed by atoms with Crippen LogP contribution in [0.5, 0.6) is 17.2 Å². The smallest absolute Gasteiger partial charge is 0.248 e. The van der Waals surface area contributed by atoms with E-state index < -0.39 is 6.10 Å². The number of pyridine rings is 1. The lowest BCUT2D eigenvalue weighted by Crippen LogP contribution is -2.33. The Balaban J connectivity index is 1.51. The van der Waals surface area contributed by atoms with Gasteiger partial charge in [-0.1, -0.05) is 6.07 Å². The van der Waals surface area contributed by atoms with Crippen LogP contribution >= 0.6 is 0 Å². The normalized spacial score (nSPS) is 14.7. The van der Waals surface area contributed by atoms with Crippen LogP contribution in [0.1, 0.15) is 22.8 Å². The first kappa shape index (κ1) is 19.3. The van der Waals surface area contributed by atoms with E-state index in [1.165, 1.54) is 12.1 Å². The molecule has 3 aromatic rings. The van der Waals surface area contributed by atoms with Crippen molar-refractivity contribution in [3.8, 4) is 17.2 Å². The minimum atomic E-state index is -0.795. The van der Waals surface area contributed by atoms with Crippen molar-refractivity contribution in [2.45, 2.75) is 25.0 Å². The van der Waals surface area contributed by atoms with E-state index in [9.17, 15) is 15.0 Å². The number of hydrogen-bond donors (Lipinski definition) is 4. The van der Waals surface area contributed by atoms with Gasteiger partial charge in [-0.3, -0.25) is 4.79 Å². The highest BCUT2D eigenvalue weighted by Crippen LogP contribution is 2.37. The number of phenols is 1. The Kier molecular flexibility index (Phi) is 5.17. The lowest BCUT2D eigenvalue weighted by Gasteiger charge is -2.18. The van der Waals surface area contributed by atoms with Gasteiger partial charge in [0.15, 0.2) is 0 Å². The minimum absolute atomic E-state index is 0.0213. The standard InChI is InChI=1S/C22H24N2O5/c1-28-19-6-7-20(29-2)16-10-12(9-15(16)19)23-11-18(26)13-3-5-17(25)22-14(13)4-8-21(27)24-22/h3-8,12,18,23,25-26H,9-11H2,1-2H3,(H,24,27)/t18-/m0/s1. The second-order valence-electron chi connectivity index (χ2n) is 7.24. The zero-order valence-corrected chi connectivity index (χ0v) is 16.4. The number of hydrogen-bond acceptors (Lipinski definition) is 6. The summed E-state index contributed by atoms with van der Waals surface area (Å²) in [7, 11) is 3.32. The van der Waals surface area contributed by atoms with E-state index in [1.807, 2.05) is 12.1 Å². The van der Waals surface area contributed by atoms with Crippen LogP contribution < -0.4 is 20.3 Å². The van der Waals surface area contributed by atoms with E-state index in [0.717, 1.165) is 35.5 Å². The van der Waals surface area contributed by atoms with Gasteiger partial charge in [0.2, 0.25) is 5.56 Å². The van der Waals surface area contributed by atoms with E-state index in [-0.39, 0.29) is 17.4 Å². The van der Waals surface area contributed by atoms with E-state index >= 15 is 0 Å². The van der Waals surface area contributed by atoms with E-state index in [0.29, 0.717) is 23.0 Å². The molecule has 1 aliphatic carbocycles. The summed E-state index contributed by atoms with van der Waals surface area (Å²) < 4.78 is 11.0. The molecule has 2 aromatic carbocycles. The number of fused-ring (bicyclic) bond motifs is 2. The fraction of sp³-hybridized carbons (Fsp3) is 0.318. The third-order valence-corrected chi connectivity index (χ3v) is 5.55. The van der Waals surface area contributed by atoms with Crippen molar-refractivity contribution in [2.75, 3.05) is 20.8 Å². The van der Waals surface area contributed by atoms with Crippen LogP contribution in [0.15, 0.2) is 41.2 Å². The first-order valence-electron chi connectivity index (χ1n) is 9.51. The lowest BCUT2D eigenvalue weighted by atomic mass is 10.0. The molecule has 1 aliphatic rings. The topological polar surface area (TPSA) is 104 Å². The van der Waals surface area contributed by atoms with E-state index in [4.69, 9.17) is 9.47 Å². The SMILES string of the molecule is COc1ccc(OC)c2c1CC(NC[C@H](O)c1ccc(O)c3[nH]c(=O)ccc13)C2. The van der Waals surface area contributed by atoms with Gasteiger partial charge in [-0.05, 0) is 42.7 Å². The number of aliphatic hydroxyl groups excluding tert-OH is 1. The number of ether oxygens (including phenoxy) is 2. The van der Waals surface area contributed by atoms with Gasteiger partial charge in [-0.25, -0.2) is 0 Å². The number of phenolic OH excluding ortho intramolecular Hbond substituents is 1. The zero-order valence-electron chi connectivity index (χ0n) is 16.4. The molecule has 0 aliphatic heterocycles. The number of aromatic nitrogens is 1. The number of aromatic amines is 1. The summed E-state index contributed by atoms with van der Waals surface area (Å²) in [5.41, 5.74) is 2.94. The van der Waals surface area contributed by atoms with Crippen LogP contribution in [-0.2, 0) is 12.8 Å². The van der Waals surface area contributed by atoms with Crippen molar-refractivity contribution in [1.29, 1.82) is 0 Å².